The summed E-state index contributed by atoms with van der Waals surface area (Å²) in [5.74, 6) is -0.211. The van der Waals surface area contributed by atoms with Crippen LogP contribution in [0.4, 0.5) is 11.4 Å². The lowest BCUT2D eigenvalue weighted by molar-refractivity contribution is -0.0217. The molecule has 2 N–H and O–H groups in total. The molecule has 3 heterocycles. The Morgan fingerprint density at radius 1 is 0.809 bits per heavy atom. The van der Waals surface area contributed by atoms with E-state index in [4.69, 9.17) is 0 Å². The van der Waals surface area contributed by atoms with E-state index in [9.17, 15) is 14.4 Å². The van der Waals surface area contributed by atoms with Crippen molar-refractivity contribution in [2.45, 2.75) is 50.9 Å². The molecule has 3 amide bonds. The van der Waals surface area contributed by atoms with E-state index in [1.807, 2.05) is 60.7 Å². The quantitative estimate of drug-likeness (QED) is 0.277. The van der Waals surface area contributed by atoms with Gasteiger partial charge >= 0.3 is 0 Å². The monoisotopic (exact) mass is 630 g/mol. The molecule has 3 aliphatic rings. The van der Waals surface area contributed by atoms with Gasteiger partial charge in [-0.2, -0.15) is 0 Å². The summed E-state index contributed by atoms with van der Waals surface area (Å²) >= 11 is 0. The number of amides is 3. The minimum atomic E-state index is -0.135. The van der Waals surface area contributed by atoms with Crippen LogP contribution in [0, 0.1) is 0 Å². The summed E-state index contributed by atoms with van der Waals surface area (Å²) in [6.07, 6.45) is 4.32. The molecule has 0 atom stereocenters. The summed E-state index contributed by atoms with van der Waals surface area (Å²) < 4.78 is 2.21. The first-order valence-electron chi connectivity index (χ1n) is 16.5. The maximum absolute atomic E-state index is 13.4. The molecule has 2 aliphatic heterocycles. The molecule has 242 valence electrons. The molecule has 0 unspecified atom stereocenters. The van der Waals surface area contributed by atoms with Crippen LogP contribution in [-0.4, -0.2) is 66.3 Å². The largest absolute Gasteiger partial charge is 0.374 e. The zero-order chi connectivity index (χ0) is 32.7. The summed E-state index contributed by atoms with van der Waals surface area (Å²) in [6.45, 7) is 3.79. The van der Waals surface area contributed by atoms with Gasteiger partial charge in [-0.05, 0) is 90.9 Å². The molecule has 47 heavy (non-hydrogen) atoms. The maximum atomic E-state index is 13.4. The number of likely N-dealkylation sites (N-methyl/N-ethyl adjacent to an activating group) is 1. The molecule has 9 heteroatoms. The average Bonchev–Trinajstić information content (AvgIpc) is 3.67. The van der Waals surface area contributed by atoms with E-state index in [-0.39, 0.29) is 23.3 Å². The molecule has 1 aromatic heterocycles. The van der Waals surface area contributed by atoms with Gasteiger partial charge in [-0.15, -0.1) is 0 Å². The summed E-state index contributed by atoms with van der Waals surface area (Å²) in [4.78, 5) is 45.0. The van der Waals surface area contributed by atoms with E-state index in [1.165, 1.54) is 23.2 Å². The second-order valence-electron chi connectivity index (χ2n) is 13.3. The van der Waals surface area contributed by atoms with Gasteiger partial charge in [0.2, 0.25) is 0 Å². The molecule has 0 bridgehead atoms. The van der Waals surface area contributed by atoms with Crippen molar-refractivity contribution in [1.82, 2.24) is 19.7 Å². The highest BCUT2D eigenvalue weighted by Crippen LogP contribution is 2.49. The SMILES string of the molecule is CN(C)C(=O)c1ccc(CN2CCn3c(C(=O)NCc4ccc(NC(=O)c5ccc6c(c5)N(C)CC6)cc4)ccc3C23CCC3)cc1. The number of nitrogens with zero attached hydrogens (tertiary/aromatic N) is 4. The molecule has 1 saturated carbocycles. The second-order valence-corrected chi connectivity index (χ2v) is 13.3. The van der Waals surface area contributed by atoms with Gasteiger partial charge in [0.05, 0.1) is 5.54 Å². The van der Waals surface area contributed by atoms with Crippen molar-refractivity contribution in [3.8, 4) is 0 Å². The van der Waals surface area contributed by atoms with Crippen molar-refractivity contribution in [3.63, 3.8) is 0 Å². The number of hydrogen-bond donors (Lipinski definition) is 2. The van der Waals surface area contributed by atoms with Crippen molar-refractivity contribution in [2.75, 3.05) is 44.4 Å². The molecule has 1 aliphatic carbocycles. The fourth-order valence-corrected chi connectivity index (χ4v) is 7.32. The molecule has 3 aromatic carbocycles. The highest BCUT2D eigenvalue weighted by atomic mass is 16.2. The van der Waals surface area contributed by atoms with Gasteiger partial charge in [0, 0.05) is 82.1 Å². The van der Waals surface area contributed by atoms with Crippen molar-refractivity contribution >= 4 is 29.1 Å². The number of fused-ring (bicyclic) bond motifs is 3. The average molecular weight is 631 g/mol. The number of hydrogen-bond acceptors (Lipinski definition) is 5. The zero-order valence-corrected chi connectivity index (χ0v) is 27.4. The molecule has 7 rings (SSSR count). The summed E-state index contributed by atoms with van der Waals surface area (Å²) in [5.41, 5.74) is 8.44. The topological polar surface area (TPSA) is 89.9 Å². The molecule has 0 saturated heterocycles. The highest BCUT2D eigenvalue weighted by Gasteiger charge is 2.48. The first-order chi connectivity index (χ1) is 22.7. The minimum Gasteiger partial charge on any atom is -0.374 e. The summed E-state index contributed by atoms with van der Waals surface area (Å²) in [6, 6.07) is 25.6. The fourth-order valence-electron chi connectivity index (χ4n) is 7.32. The van der Waals surface area contributed by atoms with Crippen LogP contribution in [0.25, 0.3) is 0 Å². The van der Waals surface area contributed by atoms with Gasteiger partial charge in [-0.25, -0.2) is 0 Å². The number of carbonyl (C=O) groups excluding carboxylic acids is 3. The predicted octanol–water partition coefficient (Wildman–Crippen LogP) is 5.26. The molecule has 0 radical (unpaired) electrons. The maximum Gasteiger partial charge on any atom is 0.268 e. The Balaban J connectivity index is 0.968. The Labute approximate surface area is 276 Å². The summed E-state index contributed by atoms with van der Waals surface area (Å²) in [5, 5.41) is 6.10. The first kappa shape index (κ1) is 30.7. The Hall–Kier alpha value is -4.89. The first-order valence-corrected chi connectivity index (χ1v) is 16.5. The van der Waals surface area contributed by atoms with Crippen LogP contribution in [0.2, 0.25) is 0 Å². The van der Waals surface area contributed by atoms with Gasteiger partial charge in [-0.3, -0.25) is 19.3 Å². The molecule has 1 fully saturated rings. The van der Waals surface area contributed by atoms with Gasteiger partial charge in [-0.1, -0.05) is 30.3 Å². The third-order valence-electron chi connectivity index (χ3n) is 10.2. The molecular formula is C38H42N6O3. The van der Waals surface area contributed by atoms with E-state index < -0.39 is 0 Å². The van der Waals surface area contributed by atoms with Crippen LogP contribution in [0.3, 0.4) is 0 Å². The minimum absolute atomic E-state index is 0.00801. The molecular weight excluding hydrogens is 588 g/mol. The molecule has 4 aromatic rings. The fraction of sp³-hybridized carbons (Fsp3) is 0.342. The second kappa shape index (κ2) is 12.4. The van der Waals surface area contributed by atoms with Gasteiger partial charge in [0.1, 0.15) is 5.69 Å². The predicted molar refractivity (Wildman–Crippen MR) is 184 cm³/mol. The standard InChI is InChI=1S/C38H42N6O3/c1-41(2)37(47)29-9-5-27(6-10-29)25-43-21-22-44-32(15-16-34(44)38(43)18-4-19-38)36(46)39-24-26-7-13-31(14-8-26)40-35(45)30-12-11-28-17-20-42(3)33(28)23-30/h5-16,23H,4,17-22,24-25H2,1-3H3,(H,39,46)(H,40,45). The molecule has 9 nitrogen and oxygen atoms in total. The third-order valence-corrected chi connectivity index (χ3v) is 10.2. The van der Waals surface area contributed by atoms with Crippen LogP contribution >= 0.6 is 0 Å². The van der Waals surface area contributed by atoms with Crippen molar-refractivity contribution in [1.29, 1.82) is 0 Å². The van der Waals surface area contributed by atoms with Crippen LogP contribution < -0.4 is 15.5 Å². The number of aromatic nitrogens is 1. The van der Waals surface area contributed by atoms with E-state index in [1.54, 1.807) is 19.0 Å². The van der Waals surface area contributed by atoms with Crippen molar-refractivity contribution in [3.05, 3.63) is 118 Å². The molecule has 1 spiro atoms. The lowest BCUT2D eigenvalue weighted by Crippen LogP contribution is -2.56. The van der Waals surface area contributed by atoms with Crippen molar-refractivity contribution in [2.24, 2.45) is 0 Å². The van der Waals surface area contributed by atoms with Crippen molar-refractivity contribution < 1.29 is 14.4 Å². The third kappa shape index (κ3) is 5.80. The number of nitrogens with one attached hydrogen (secondary N) is 2. The highest BCUT2D eigenvalue weighted by molar-refractivity contribution is 6.05. The van der Waals surface area contributed by atoms with E-state index in [0.29, 0.717) is 29.1 Å². The Morgan fingerprint density at radius 3 is 2.23 bits per heavy atom. The normalized spacial score (nSPS) is 16.3. The van der Waals surface area contributed by atoms with E-state index >= 15 is 0 Å². The van der Waals surface area contributed by atoms with Crippen LogP contribution in [0.5, 0.6) is 0 Å². The van der Waals surface area contributed by atoms with E-state index in [0.717, 1.165) is 56.7 Å². The smallest absolute Gasteiger partial charge is 0.268 e. The van der Waals surface area contributed by atoms with Crippen LogP contribution in [-0.2, 0) is 31.6 Å². The lowest BCUT2D eigenvalue weighted by atomic mass is 9.71. The van der Waals surface area contributed by atoms with Crippen LogP contribution in [0.1, 0.15) is 72.9 Å². The number of anilines is 2. The van der Waals surface area contributed by atoms with E-state index in [2.05, 4.69) is 50.2 Å². The lowest BCUT2D eigenvalue weighted by Gasteiger charge is -2.53. The Bertz CT molecular complexity index is 1820. The number of rotatable bonds is 8. The van der Waals surface area contributed by atoms with Gasteiger partial charge < -0.3 is 25.0 Å². The Kier molecular flexibility index (Phi) is 8.09. The Morgan fingerprint density at radius 2 is 1.53 bits per heavy atom. The zero-order valence-electron chi connectivity index (χ0n) is 27.4. The van der Waals surface area contributed by atoms with Crippen LogP contribution in [0.15, 0.2) is 78.9 Å². The number of carbonyl (C=O) groups is 3. The van der Waals surface area contributed by atoms with Gasteiger partial charge in [0.25, 0.3) is 17.7 Å². The summed E-state index contributed by atoms with van der Waals surface area (Å²) in [7, 11) is 5.59. The van der Waals surface area contributed by atoms with Gasteiger partial charge in [0.15, 0.2) is 0 Å². The number of benzene rings is 3.